The maximum Gasteiger partial charge on any atom is 0.419 e. The lowest BCUT2D eigenvalue weighted by Gasteiger charge is -2.26. The Morgan fingerprint density at radius 3 is 2.70 bits per heavy atom. The van der Waals surface area contributed by atoms with Gasteiger partial charge in [-0.3, -0.25) is 4.79 Å². The molecule has 0 spiro atoms. The second kappa shape index (κ2) is 5.56. The number of carbonyl (C=O) groups is 1. The molecule has 0 radical (unpaired) electrons. The standard InChI is InChI=1S/C16H17F3N2O2/c17-16(18,19)15(23)7-10-21(11-15)14(22)6-9-20-8-5-12-3-1-2-4-13(12)20/h1-5,8,23H,6-7,9-11H2. The van der Waals surface area contributed by atoms with Crippen molar-refractivity contribution in [3.8, 4) is 0 Å². The number of hydrogen-bond acceptors (Lipinski definition) is 2. The van der Waals surface area contributed by atoms with Crippen LogP contribution in [0.4, 0.5) is 13.2 Å². The number of benzene rings is 1. The topological polar surface area (TPSA) is 45.5 Å². The van der Waals surface area contributed by atoms with Gasteiger partial charge in [0.15, 0.2) is 5.60 Å². The molecule has 1 amide bonds. The van der Waals surface area contributed by atoms with Crippen molar-refractivity contribution in [2.24, 2.45) is 0 Å². The molecule has 1 aromatic heterocycles. The summed E-state index contributed by atoms with van der Waals surface area (Å²) in [6.07, 6.45) is -3.21. The average molecular weight is 326 g/mol. The molecule has 1 aliphatic heterocycles. The second-order valence-electron chi connectivity index (χ2n) is 5.91. The Morgan fingerprint density at radius 1 is 1.26 bits per heavy atom. The van der Waals surface area contributed by atoms with Crippen molar-refractivity contribution in [3.05, 3.63) is 36.5 Å². The molecule has 1 fully saturated rings. The Bertz CT molecular complexity index is 725. The number of amides is 1. The third-order valence-corrected chi connectivity index (χ3v) is 4.37. The van der Waals surface area contributed by atoms with Crippen LogP contribution in [-0.2, 0) is 11.3 Å². The van der Waals surface area contributed by atoms with Gasteiger partial charge in [-0.15, -0.1) is 0 Å². The van der Waals surface area contributed by atoms with Gasteiger partial charge >= 0.3 is 6.18 Å². The number of likely N-dealkylation sites (tertiary alicyclic amines) is 1. The molecule has 3 rings (SSSR count). The minimum atomic E-state index is -4.71. The number of para-hydroxylation sites is 1. The van der Waals surface area contributed by atoms with Crippen LogP contribution < -0.4 is 0 Å². The molecule has 2 heterocycles. The molecule has 1 saturated heterocycles. The number of rotatable bonds is 3. The van der Waals surface area contributed by atoms with Gasteiger partial charge in [0.25, 0.3) is 0 Å². The van der Waals surface area contributed by atoms with E-state index in [-0.39, 0.29) is 18.9 Å². The number of aromatic nitrogens is 1. The quantitative estimate of drug-likeness (QED) is 0.942. The predicted octanol–water partition coefficient (Wildman–Crippen LogP) is 2.56. The monoisotopic (exact) mass is 326 g/mol. The molecule has 0 saturated carbocycles. The Labute approximate surface area is 131 Å². The van der Waals surface area contributed by atoms with Crippen molar-refractivity contribution in [1.29, 1.82) is 0 Å². The smallest absolute Gasteiger partial charge is 0.379 e. The van der Waals surface area contributed by atoms with Crippen molar-refractivity contribution in [2.45, 2.75) is 31.2 Å². The number of halogens is 3. The van der Waals surface area contributed by atoms with Crippen LogP contribution in [0.3, 0.4) is 0 Å². The van der Waals surface area contributed by atoms with Crippen LogP contribution in [0.2, 0.25) is 0 Å². The van der Waals surface area contributed by atoms with Gasteiger partial charge in [-0.2, -0.15) is 13.2 Å². The SMILES string of the molecule is O=C(CCn1ccc2ccccc21)N1CCC(O)(C(F)(F)F)C1. The maximum atomic E-state index is 12.8. The summed E-state index contributed by atoms with van der Waals surface area (Å²) >= 11 is 0. The highest BCUT2D eigenvalue weighted by Crippen LogP contribution is 2.37. The summed E-state index contributed by atoms with van der Waals surface area (Å²) in [5.41, 5.74) is -1.79. The van der Waals surface area contributed by atoms with Crippen LogP contribution in [0, 0.1) is 0 Å². The van der Waals surface area contributed by atoms with E-state index in [9.17, 15) is 23.1 Å². The zero-order valence-corrected chi connectivity index (χ0v) is 12.4. The Balaban J connectivity index is 1.62. The van der Waals surface area contributed by atoms with E-state index in [0.29, 0.717) is 6.54 Å². The van der Waals surface area contributed by atoms with Gasteiger partial charge in [-0.25, -0.2) is 0 Å². The molecule has 1 atom stereocenters. The van der Waals surface area contributed by atoms with E-state index in [1.807, 2.05) is 41.1 Å². The first-order valence-electron chi connectivity index (χ1n) is 7.41. The summed E-state index contributed by atoms with van der Waals surface area (Å²) in [6, 6.07) is 9.62. The van der Waals surface area contributed by atoms with Crippen LogP contribution in [-0.4, -0.2) is 45.3 Å². The van der Waals surface area contributed by atoms with Crippen LogP contribution in [0.1, 0.15) is 12.8 Å². The molecule has 0 aliphatic carbocycles. The van der Waals surface area contributed by atoms with E-state index < -0.39 is 24.7 Å². The molecule has 1 N–H and O–H groups in total. The number of alkyl halides is 3. The molecule has 2 aromatic rings. The first-order valence-corrected chi connectivity index (χ1v) is 7.41. The van der Waals surface area contributed by atoms with Gasteiger partial charge in [0.2, 0.25) is 5.91 Å². The first kappa shape index (κ1) is 15.9. The van der Waals surface area contributed by atoms with E-state index in [1.54, 1.807) is 0 Å². The van der Waals surface area contributed by atoms with Crippen LogP contribution in [0.25, 0.3) is 10.9 Å². The summed E-state index contributed by atoms with van der Waals surface area (Å²) in [7, 11) is 0. The fourth-order valence-electron chi connectivity index (χ4n) is 2.95. The summed E-state index contributed by atoms with van der Waals surface area (Å²) in [5, 5.41) is 10.7. The lowest BCUT2D eigenvalue weighted by molar-refractivity contribution is -0.253. The molecule has 124 valence electrons. The minimum Gasteiger partial charge on any atom is -0.379 e. The van der Waals surface area contributed by atoms with Gasteiger partial charge in [-0.05, 0) is 17.5 Å². The Kier molecular flexibility index (Phi) is 3.83. The van der Waals surface area contributed by atoms with Crippen molar-refractivity contribution in [3.63, 3.8) is 0 Å². The summed E-state index contributed by atoms with van der Waals surface area (Å²) < 4.78 is 40.2. The fourth-order valence-corrected chi connectivity index (χ4v) is 2.95. The van der Waals surface area contributed by atoms with Gasteiger partial charge in [0, 0.05) is 37.6 Å². The highest BCUT2D eigenvalue weighted by molar-refractivity contribution is 5.80. The molecule has 0 bridgehead atoms. The minimum absolute atomic E-state index is 0.0682. The van der Waals surface area contributed by atoms with Crippen molar-refractivity contribution in [2.75, 3.05) is 13.1 Å². The molecule has 4 nitrogen and oxygen atoms in total. The largest absolute Gasteiger partial charge is 0.419 e. The average Bonchev–Trinajstić information content (AvgIpc) is 3.09. The Hall–Kier alpha value is -2.02. The molecule has 7 heteroatoms. The number of fused-ring (bicyclic) bond motifs is 1. The van der Waals surface area contributed by atoms with Crippen LogP contribution in [0.15, 0.2) is 36.5 Å². The molecule has 1 aliphatic rings. The zero-order chi connectivity index (χ0) is 16.7. The number of nitrogens with zero attached hydrogens (tertiary/aromatic N) is 2. The molecule has 23 heavy (non-hydrogen) atoms. The Morgan fingerprint density at radius 2 is 2.00 bits per heavy atom. The molecule has 1 unspecified atom stereocenters. The van der Waals surface area contributed by atoms with Gasteiger partial charge in [0.1, 0.15) is 0 Å². The normalized spacial score (nSPS) is 22.0. The number of aliphatic hydroxyl groups is 1. The third kappa shape index (κ3) is 2.93. The van der Waals surface area contributed by atoms with Gasteiger partial charge in [0.05, 0.1) is 6.54 Å². The summed E-state index contributed by atoms with van der Waals surface area (Å²) in [4.78, 5) is 13.2. The highest BCUT2D eigenvalue weighted by Gasteiger charge is 2.57. The molecular formula is C16H17F3N2O2. The van der Waals surface area contributed by atoms with E-state index in [0.717, 1.165) is 15.8 Å². The molecular weight excluding hydrogens is 309 g/mol. The van der Waals surface area contributed by atoms with E-state index >= 15 is 0 Å². The maximum absolute atomic E-state index is 12.8. The number of hydrogen-bond donors (Lipinski definition) is 1. The molecule has 1 aromatic carbocycles. The number of aryl methyl sites for hydroxylation is 1. The summed E-state index contributed by atoms with van der Waals surface area (Å²) in [5.74, 6) is -0.372. The van der Waals surface area contributed by atoms with Gasteiger partial charge in [-0.1, -0.05) is 18.2 Å². The van der Waals surface area contributed by atoms with Crippen molar-refractivity contribution >= 4 is 16.8 Å². The lowest BCUT2D eigenvalue weighted by atomic mass is 10.0. The van der Waals surface area contributed by atoms with E-state index in [1.165, 1.54) is 0 Å². The predicted molar refractivity (Wildman–Crippen MR) is 78.8 cm³/mol. The van der Waals surface area contributed by atoms with Gasteiger partial charge < -0.3 is 14.6 Å². The first-order chi connectivity index (χ1) is 10.8. The van der Waals surface area contributed by atoms with E-state index in [2.05, 4.69) is 0 Å². The van der Waals surface area contributed by atoms with E-state index in [4.69, 9.17) is 0 Å². The number of carbonyl (C=O) groups excluding carboxylic acids is 1. The third-order valence-electron chi connectivity index (χ3n) is 4.37. The van der Waals surface area contributed by atoms with Crippen LogP contribution >= 0.6 is 0 Å². The summed E-state index contributed by atoms with van der Waals surface area (Å²) in [6.45, 7) is -0.351. The highest BCUT2D eigenvalue weighted by atomic mass is 19.4. The van der Waals surface area contributed by atoms with Crippen LogP contribution in [0.5, 0.6) is 0 Å². The van der Waals surface area contributed by atoms with Crippen molar-refractivity contribution < 1.29 is 23.1 Å². The lowest BCUT2D eigenvalue weighted by Crippen LogP contribution is -2.48. The fraction of sp³-hybridized carbons (Fsp3) is 0.438. The van der Waals surface area contributed by atoms with Crippen molar-refractivity contribution in [1.82, 2.24) is 9.47 Å². The zero-order valence-electron chi connectivity index (χ0n) is 12.4. The second-order valence-corrected chi connectivity index (χ2v) is 5.91. The number of β-amino-alcohol motifs (C(OH)–C–C–N with tert-alkyl or cyclic N) is 1.